The molecular weight excluding hydrogens is 314 g/mol. The first-order chi connectivity index (χ1) is 11.2. The average Bonchev–Trinajstić information content (AvgIpc) is 3.00. The molecule has 6 nitrogen and oxygen atoms in total. The second-order valence-corrected chi connectivity index (χ2v) is 6.65. The van der Waals surface area contributed by atoms with Gasteiger partial charge in [-0.3, -0.25) is 9.59 Å². The highest BCUT2D eigenvalue weighted by Crippen LogP contribution is 2.22. The van der Waals surface area contributed by atoms with Crippen molar-refractivity contribution in [2.24, 2.45) is 0 Å². The minimum Gasteiger partial charge on any atom is -0.497 e. The van der Waals surface area contributed by atoms with Crippen molar-refractivity contribution in [2.45, 2.75) is 0 Å². The van der Waals surface area contributed by atoms with Gasteiger partial charge >= 0.3 is 0 Å². The van der Waals surface area contributed by atoms with E-state index in [0.29, 0.717) is 19.6 Å². The standard InChI is InChI=1S/C16H21N3O3S/c1-22-14-4-2-3-13(11-14)17-5-7-18(8-6-17)15(20)12-19-9-10-23-16(19)21/h2-4,11H,5-10,12H2,1H3. The van der Waals surface area contributed by atoms with Crippen molar-refractivity contribution >= 4 is 28.6 Å². The molecule has 124 valence electrons. The quantitative estimate of drug-likeness (QED) is 0.835. The van der Waals surface area contributed by atoms with Gasteiger partial charge in [-0.1, -0.05) is 17.8 Å². The summed E-state index contributed by atoms with van der Waals surface area (Å²) in [5, 5.41) is 0.0216. The van der Waals surface area contributed by atoms with Crippen LogP contribution in [0.4, 0.5) is 10.5 Å². The summed E-state index contributed by atoms with van der Waals surface area (Å²) in [5.41, 5.74) is 1.11. The number of piperazine rings is 1. The Hall–Kier alpha value is -1.89. The first kappa shape index (κ1) is 16.0. The number of amides is 2. The lowest BCUT2D eigenvalue weighted by atomic mass is 10.2. The van der Waals surface area contributed by atoms with E-state index in [4.69, 9.17) is 4.74 Å². The Labute approximate surface area is 140 Å². The summed E-state index contributed by atoms with van der Waals surface area (Å²) in [4.78, 5) is 29.7. The fourth-order valence-corrected chi connectivity index (χ4v) is 3.68. The maximum Gasteiger partial charge on any atom is 0.282 e. The number of hydrogen-bond donors (Lipinski definition) is 0. The van der Waals surface area contributed by atoms with Crippen LogP contribution in [0, 0.1) is 0 Å². The van der Waals surface area contributed by atoms with E-state index in [-0.39, 0.29) is 17.7 Å². The van der Waals surface area contributed by atoms with Crippen molar-refractivity contribution in [1.82, 2.24) is 9.80 Å². The van der Waals surface area contributed by atoms with Crippen LogP contribution >= 0.6 is 11.8 Å². The molecule has 0 radical (unpaired) electrons. The topological polar surface area (TPSA) is 53.1 Å². The number of benzene rings is 1. The zero-order valence-electron chi connectivity index (χ0n) is 13.2. The summed E-state index contributed by atoms with van der Waals surface area (Å²) < 4.78 is 5.26. The highest BCUT2D eigenvalue weighted by Gasteiger charge is 2.27. The molecule has 2 amide bonds. The Morgan fingerprint density at radius 2 is 2.00 bits per heavy atom. The lowest BCUT2D eigenvalue weighted by molar-refractivity contribution is -0.131. The van der Waals surface area contributed by atoms with E-state index in [1.54, 1.807) is 12.0 Å². The predicted molar refractivity (Wildman–Crippen MR) is 91.2 cm³/mol. The van der Waals surface area contributed by atoms with Gasteiger partial charge in [0.15, 0.2) is 0 Å². The predicted octanol–water partition coefficient (Wildman–Crippen LogP) is 1.51. The molecule has 0 aliphatic carbocycles. The number of carbonyl (C=O) groups is 2. The Bertz CT molecular complexity index is 588. The normalized spacial score (nSPS) is 18.5. The molecule has 0 spiro atoms. The largest absolute Gasteiger partial charge is 0.497 e. The van der Waals surface area contributed by atoms with E-state index in [1.807, 2.05) is 23.1 Å². The van der Waals surface area contributed by atoms with Gasteiger partial charge < -0.3 is 19.4 Å². The molecule has 1 aromatic carbocycles. The lowest BCUT2D eigenvalue weighted by Crippen LogP contribution is -2.51. The van der Waals surface area contributed by atoms with Crippen LogP contribution in [0.1, 0.15) is 0 Å². The minimum atomic E-state index is 0.0216. The average molecular weight is 335 g/mol. The second kappa shape index (κ2) is 7.12. The molecule has 23 heavy (non-hydrogen) atoms. The Balaban J connectivity index is 1.53. The number of carbonyl (C=O) groups excluding carboxylic acids is 2. The number of ether oxygens (including phenoxy) is 1. The van der Waals surface area contributed by atoms with E-state index >= 15 is 0 Å². The maximum absolute atomic E-state index is 12.3. The van der Waals surface area contributed by atoms with Crippen LogP contribution in [0.15, 0.2) is 24.3 Å². The number of rotatable bonds is 4. The number of methoxy groups -OCH3 is 1. The number of anilines is 1. The molecule has 2 aliphatic rings. The number of thioether (sulfide) groups is 1. The monoisotopic (exact) mass is 335 g/mol. The Kier molecular flexibility index (Phi) is 4.95. The third-order valence-electron chi connectivity index (χ3n) is 4.22. The molecule has 2 fully saturated rings. The van der Waals surface area contributed by atoms with Gasteiger partial charge in [0.2, 0.25) is 5.91 Å². The minimum absolute atomic E-state index is 0.0216. The third kappa shape index (κ3) is 3.72. The van der Waals surface area contributed by atoms with Crippen molar-refractivity contribution in [3.8, 4) is 5.75 Å². The second-order valence-electron chi connectivity index (χ2n) is 5.61. The molecule has 0 unspecified atom stereocenters. The lowest BCUT2D eigenvalue weighted by Gasteiger charge is -2.36. The highest BCUT2D eigenvalue weighted by atomic mass is 32.2. The maximum atomic E-state index is 12.3. The van der Waals surface area contributed by atoms with E-state index in [1.165, 1.54) is 11.8 Å². The number of nitrogens with zero attached hydrogens (tertiary/aromatic N) is 3. The first-order valence-electron chi connectivity index (χ1n) is 7.76. The molecule has 7 heteroatoms. The van der Waals surface area contributed by atoms with Gasteiger partial charge in [0, 0.05) is 50.2 Å². The Morgan fingerprint density at radius 1 is 1.22 bits per heavy atom. The zero-order valence-corrected chi connectivity index (χ0v) is 14.1. The van der Waals surface area contributed by atoms with E-state index in [0.717, 1.165) is 30.3 Å². The van der Waals surface area contributed by atoms with Gasteiger partial charge in [0.1, 0.15) is 12.3 Å². The molecule has 1 aromatic rings. The zero-order chi connectivity index (χ0) is 16.2. The van der Waals surface area contributed by atoms with Crippen LogP contribution in [0.3, 0.4) is 0 Å². The van der Waals surface area contributed by atoms with Gasteiger partial charge in [0.05, 0.1) is 7.11 Å². The van der Waals surface area contributed by atoms with Crippen molar-refractivity contribution in [3.05, 3.63) is 24.3 Å². The van der Waals surface area contributed by atoms with Crippen LogP contribution < -0.4 is 9.64 Å². The van der Waals surface area contributed by atoms with Crippen LogP contribution in [0.25, 0.3) is 0 Å². The van der Waals surface area contributed by atoms with Crippen molar-refractivity contribution in [3.63, 3.8) is 0 Å². The van der Waals surface area contributed by atoms with Crippen molar-refractivity contribution < 1.29 is 14.3 Å². The fraction of sp³-hybridized carbons (Fsp3) is 0.500. The van der Waals surface area contributed by atoms with Crippen LogP contribution in [-0.4, -0.2) is 73.1 Å². The van der Waals surface area contributed by atoms with Gasteiger partial charge in [-0.05, 0) is 12.1 Å². The summed E-state index contributed by atoms with van der Waals surface area (Å²) in [7, 11) is 1.66. The van der Waals surface area contributed by atoms with Gasteiger partial charge in [-0.2, -0.15) is 0 Å². The van der Waals surface area contributed by atoms with Crippen LogP contribution in [0.5, 0.6) is 5.75 Å². The third-order valence-corrected chi connectivity index (χ3v) is 5.11. The number of hydrogen-bond acceptors (Lipinski definition) is 5. The molecule has 0 bridgehead atoms. The summed E-state index contributed by atoms with van der Waals surface area (Å²) in [6.07, 6.45) is 0. The van der Waals surface area contributed by atoms with E-state index < -0.39 is 0 Å². The fourth-order valence-electron chi connectivity index (χ4n) is 2.85. The highest BCUT2D eigenvalue weighted by molar-refractivity contribution is 8.13. The van der Waals surface area contributed by atoms with Crippen LogP contribution in [-0.2, 0) is 4.79 Å². The van der Waals surface area contributed by atoms with Crippen LogP contribution in [0.2, 0.25) is 0 Å². The molecule has 2 aliphatic heterocycles. The van der Waals surface area contributed by atoms with Crippen molar-refractivity contribution in [1.29, 1.82) is 0 Å². The van der Waals surface area contributed by atoms with Gasteiger partial charge in [0.25, 0.3) is 5.24 Å². The molecule has 0 aromatic heterocycles. The molecule has 3 rings (SSSR count). The molecule has 2 heterocycles. The molecule has 0 saturated carbocycles. The van der Waals surface area contributed by atoms with Gasteiger partial charge in [-0.25, -0.2) is 0 Å². The van der Waals surface area contributed by atoms with E-state index in [2.05, 4.69) is 11.0 Å². The first-order valence-corrected chi connectivity index (χ1v) is 8.74. The Morgan fingerprint density at radius 3 is 2.65 bits per heavy atom. The molecule has 0 atom stereocenters. The van der Waals surface area contributed by atoms with Crippen molar-refractivity contribution in [2.75, 3.05) is 57.0 Å². The van der Waals surface area contributed by atoms with E-state index in [9.17, 15) is 9.59 Å². The SMILES string of the molecule is COc1cccc(N2CCN(C(=O)CN3CCSC3=O)CC2)c1. The smallest absolute Gasteiger partial charge is 0.282 e. The molecule has 0 N–H and O–H groups in total. The summed E-state index contributed by atoms with van der Waals surface area (Å²) in [6, 6.07) is 7.97. The summed E-state index contributed by atoms with van der Waals surface area (Å²) in [5.74, 6) is 1.67. The van der Waals surface area contributed by atoms with Gasteiger partial charge in [-0.15, -0.1) is 0 Å². The summed E-state index contributed by atoms with van der Waals surface area (Å²) >= 11 is 1.29. The summed E-state index contributed by atoms with van der Waals surface area (Å²) in [6.45, 7) is 3.85. The molecular formula is C16H21N3O3S. The molecule has 2 saturated heterocycles.